The van der Waals surface area contributed by atoms with E-state index in [1.54, 1.807) is 21.0 Å². The van der Waals surface area contributed by atoms with Crippen molar-refractivity contribution < 1.29 is 4.74 Å². The molecule has 0 atom stereocenters. The molecule has 0 unspecified atom stereocenters. The van der Waals surface area contributed by atoms with Gasteiger partial charge in [-0.2, -0.15) is 0 Å². The normalized spacial score (nSPS) is 10.6. The Morgan fingerprint density at radius 1 is 0.729 bits per heavy atom. The lowest BCUT2D eigenvalue weighted by molar-refractivity contribution is 0.414. The Hall–Kier alpha value is -5.57. The maximum atomic E-state index is 11.5. The molecule has 0 amide bonds. The number of ether oxygens (including phenoxy) is 1. The second-order valence-corrected chi connectivity index (χ2v) is 11.1. The molecule has 1 aromatic carbocycles. The Labute approximate surface area is 282 Å². The van der Waals surface area contributed by atoms with E-state index >= 15 is 0 Å². The molecule has 6 N–H and O–H groups in total. The van der Waals surface area contributed by atoms with Crippen LogP contribution in [0.1, 0.15) is 45.8 Å². The highest BCUT2D eigenvalue weighted by molar-refractivity contribution is 6.32. The first kappa shape index (κ1) is 35.3. The van der Waals surface area contributed by atoms with Gasteiger partial charge in [-0.15, -0.1) is 0 Å². The van der Waals surface area contributed by atoms with E-state index in [0.29, 0.717) is 34.3 Å². The minimum absolute atomic E-state index is 0.213. The smallest absolute Gasteiger partial charge is 0.279 e. The summed E-state index contributed by atoms with van der Waals surface area (Å²) in [4.78, 5) is 52.1. The molecule has 0 fully saturated rings. The number of rotatable bonds is 5. The molecule has 15 nitrogen and oxygen atoms in total. The second kappa shape index (κ2) is 15.3. The Balaban J connectivity index is 0.000000182. The highest BCUT2D eigenvalue weighted by atomic mass is 35.5. The van der Waals surface area contributed by atoms with Crippen LogP contribution in [0.3, 0.4) is 0 Å². The number of nitrogens with two attached hydrogens (primary N) is 2. The Morgan fingerprint density at radius 3 is 1.90 bits per heavy atom. The quantitative estimate of drug-likeness (QED) is 0.188. The van der Waals surface area contributed by atoms with Gasteiger partial charge in [-0.3, -0.25) is 4.79 Å². The first-order valence-electron chi connectivity index (χ1n) is 14.9. The van der Waals surface area contributed by atoms with Crippen LogP contribution >= 0.6 is 11.6 Å². The fraction of sp³-hybridized carbons (Fsp3) is 0.312. The summed E-state index contributed by atoms with van der Waals surface area (Å²) in [6.07, 6.45) is 0.882. The molecular weight excluding hydrogens is 634 g/mol. The van der Waals surface area contributed by atoms with E-state index in [1.165, 1.54) is 5.56 Å². The summed E-state index contributed by atoms with van der Waals surface area (Å²) in [5, 5.41) is 3.58. The number of nitrogens with zero attached hydrogens (tertiary/aromatic N) is 9. The maximum absolute atomic E-state index is 11.5. The fourth-order valence-electron chi connectivity index (χ4n) is 4.26. The number of methoxy groups -OCH3 is 1. The third-order valence-electron chi connectivity index (χ3n) is 7.03. The summed E-state index contributed by atoms with van der Waals surface area (Å²) in [5.74, 6) is 3.60. The van der Waals surface area contributed by atoms with Gasteiger partial charge in [0.15, 0.2) is 39.1 Å². The van der Waals surface area contributed by atoms with Crippen molar-refractivity contribution in [2.75, 3.05) is 30.4 Å². The molecule has 250 valence electrons. The fourth-order valence-corrected chi connectivity index (χ4v) is 4.48. The molecule has 48 heavy (non-hydrogen) atoms. The first-order valence-corrected chi connectivity index (χ1v) is 15.3. The molecule has 0 aliphatic rings. The number of hydrogen-bond donors (Lipinski definition) is 4. The number of aromatic amines is 1. The van der Waals surface area contributed by atoms with E-state index in [9.17, 15) is 4.79 Å². The van der Waals surface area contributed by atoms with Crippen LogP contribution in [-0.4, -0.2) is 63.5 Å². The number of aromatic nitrogens is 10. The Morgan fingerprint density at radius 2 is 1.29 bits per heavy atom. The van der Waals surface area contributed by atoms with Crippen molar-refractivity contribution in [3.63, 3.8) is 0 Å². The molecule has 0 aliphatic carbocycles. The number of nitrogen functional groups attached to an aromatic ring is 2. The molecule has 6 rings (SSSR count). The van der Waals surface area contributed by atoms with Crippen molar-refractivity contribution in [2.45, 2.75) is 54.9 Å². The largest absolute Gasteiger partial charge is 0.497 e. The maximum Gasteiger partial charge on any atom is 0.279 e. The van der Waals surface area contributed by atoms with Gasteiger partial charge in [0.25, 0.3) is 5.56 Å². The zero-order chi connectivity index (χ0) is 35.1. The SMILES string of the molecule is COc1ccc(CCNc2nc(C)nc3nc(C)c(C)nc23)cc1.Cc1nc(N)c(N)c(Cl)n1.Cc1nc2nc(C)c(C)nc2c(=O)[nH]1. The number of H-pyrrole nitrogens is 1. The van der Waals surface area contributed by atoms with Crippen molar-refractivity contribution in [1.29, 1.82) is 0 Å². The summed E-state index contributed by atoms with van der Waals surface area (Å²) in [6.45, 7) is 13.6. The van der Waals surface area contributed by atoms with Gasteiger partial charge in [0.1, 0.15) is 28.9 Å². The molecule has 0 saturated heterocycles. The van der Waals surface area contributed by atoms with E-state index in [2.05, 4.69) is 67.3 Å². The van der Waals surface area contributed by atoms with Crippen LogP contribution in [-0.2, 0) is 6.42 Å². The summed E-state index contributed by atoms with van der Waals surface area (Å²) in [6, 6.07) is 8.07. The zero-order valence-corrected chi connectivity index (χ0v) is 28.9. The highest BCUT2D eigenvalue weighted by Gasteiger charge is 2.11. The predicted octanol–water partition coefficient (Wildman–Crippen LogP) is 4.25. The first-order chi connectivity index (χ1) is 22.7. The zero-order valence-electron chi connectivity index (χ0n) is 28.1. The standard InChI is InChI=1S/C18H21N5O.C9H10N4O.C5H7ClN4/c1-11-12(2)21-18-16(20-11)17(22-13(3)23-18)19-10-9-14-5-7-15(24-4)8-6-14;1-4-5(2)11-8-7(10-4)9(14)13-6(3)12-8;1-2-9-4(6)3(7)5(8)10-2/h5-8H,9-10H2,1-4H3,(H,19,21,22,23);1-3H3,(H,11,12,13,14);7H2,1H3,(H2,8,9,10). The molecule has 0 bridgehead atoms. The molecule has 5 aromatic heterocycles. The number of fused-ring (bicyclic) bond motifs is 2. The van der Waals surface area contributed by atoms with Gasteiger partial charge < -0.3 is 26.5 Å². The molecular formula is C32H38ClN13O2. The number of halogens is 1. The minimum Gasteiger partial charge on any atom is -0.497 e. The van der Waals surface area contributed by atoms with Crippen LogP contribution in [0.2, 0.25) is 5.15 Å². The molecule has 6 aromatic rings. The number of hydrogen-bond acceptors (Lipinski definition) is 14. The van der Waals surface area contributed by atoms with Crippen molar-refractivity contribution in [3.05, 3.63) is 85.6 Å². The number of nitrogens with one attached hydrogen (secondary N) is 2. The summed E-state index contributed by atoms with van der Waals surface area (Å²) < 4.78 is 5.18. The van der Waals surface area contributed by atoms with Gasteiger partial charge in [0, 0.05) is 6.54 Å². The van der Waals surface area contributed by atoms with Gasteiger partial charge in [0.2, 0.25) is 0 Å². The van der Waals surface area contributed by atoms with Crippen molar-refractivity contribution >= 4 is 51.3 Å². The molecule has 5 heterocycles. The van der Waals surface area contributed by atoms with Crippen molar-refractivity contribution in [1.82, 2.24) is 49.8 Å². The third kappa shape index (κ3) is 8.82. The third-order valence-corrected chi connectivity index (χ3v) is 7.32. The van der Waals surface area contributed by atoms with Crippen LogP contribution in [0.25, 0.3) is 22.3 Å². The summed E-state index contributed by atoms with van der Waals surface area (Å²) >= 11 is 5.56. The molecule has 0 aliphatic heterocycles. The van der Waals surface area contributed by atoms with Gasteiger partial charge in [-0.1, -0.05) is 23.7 Å². The highest BCUT2D eigenvalue weighted by Crippen LogP contribution is 2.20. The molecule has 16 heteroatoms. The topological polar surface area (TPSA) is 222 Å². The predicted molar refractivity (Wildman–Crippen MR) is 187 cm³/mol. The lowest BCUT2D eigenvalue weighted by Gasteiger charge is -2.10. The average Bonchev–Trinajstić information content (AvgIpc) is 3.02. The summed E-state index contributed by atoms with van der Waals surface area (Å²) in [7, 11) is 1.67. The minimum atomic E-state index is -0.233. The van der Waals surface area contributed by atoms with Crippen LogP contribution in [0, 0.1) is 48.5 Å². The van der Waals surface area contributed by atoms with Crippen molar-refractivity contribution in [2.24, 2.45) is 0 Å². The van der Waals surface area contributed by atoms with E-state index in [0.717, 1.165) is 52.8 Å². The van der Waals surface area contributed by atoms with Gasteiger partial charge >= 0.3 is 0 Å². The van der Waals surface area contributed by atoms with Gasteiger partial charge in [0.05, 0.1) is 29.9 Å². The summed E-state index contributed by atoms with van der Waals surface area (Å²) in [5.41, 5.74) is 17.4. The Kier molecular flexibility index (Phi) is 11.3. The number of anilines is 3. The van der Waals surface area contributed by atoms with E-state index in [4.69, 9.17) is 27.8 Å². The Bertz CT molecular complexity index is 2110. The van der Waals surface area contributed by atoms with Crippen LogP contribution in [0.15, 0.2) is 29.1 Å². The van der Waals surface area contributed by atoms with E-state index in [1.807, 2.05) is 46.8 Å². The average molecular weight is 672 g/mol. The molecule has 0 spiro atoms. The second-order valence-electron chi connectivity index (χ2n) is 10.8. The van der Waals surface area contributed by atoms with Crippen LogP contribution in [0.4, 0.5) is 17.3 Å². The number of benzene rings is 1. The van der Waals surface area contributed by atoms with Crippen molar-refractivity contribution in [3.8, 4) is 5.75 Å². The lowest BCUT2D eigenvalue weighted by Crippen LogP contribution is -2.13. The van der Waals surface area contributed by atoms with Crippen LogP contribution < -0.4 is 27.1 Å². The lowest BCUT2D eigenvalue weighted by atomic mass is 10.1. The van der Waals surface area contributed by atoms with Crippen LogP contribution in [0.5, 0.6) is 5.75 Å². The van der Waals surface area contributed by atoms with E-state index < -0.39 is 0 Å². The monoisotopic (exact) mass is 671 g/mol. The van der Waals surface area contributed by atoms with E-state index in [-0.39, 0.29) is 22.2 Å². The van der Waals surface area contributed by atoms with Gasteiger partial charge in [-0.05, 0) is 72.6 Å². The molecule has 0 radical (unpaired) electrons. The van der Waals surface area contributed by atoms with Gasteiger partial charge in [-0.25, -0.2) is 44.9 Å². The number of aryl methyl sites for hydroxylation is 7. The molecule has 0 saturated carbocycles.